The van der Waals surface area contributed by atoms with Gasteiger partial charge >= 0.3 is 6.01 Å². The predicted molar refractivity (Wildman–Crippen MR) is 240 cm³/mol. The van der Waals surface area contributed by atoms with Crippen LogP contribution in [0.3, 0.4) is 0 Å². The molecular weight excluding hydrogens is 818 g/mol. The number of carbonyl (C=O) groups excluding carboxylic acids is 2. The van der Waals surface area contributed by atoms with Gasteiger partial charge in [0.25, 0.3) is 5.91 Å². The van der Waals surface area contributed by atoms with E-state index in [9.17, 15) is 14.9 Å². The van der Waals surface area contributed by atoms with Crippen molar-refractivity contribution in [1.29, 1.82) is 5.26 Å². The smallest absolute Gasteiger partial charge is 0.316 e. The van der Waals surface area contributed by atoms with Gasteiger partial charge in [-0.25, -0.2) is 9.97 Å². The number of hydrogen-bond donors (Lipinski definition) is 2. The molecule has 63 heavy (non-hydrogen) atoms. The summed E-state index contributed by atoms with van der Waals surface area (Å²) >= 11 is 6.24. The van der Waals surface area contributed by atoms with Crippen LogP contribution in [0.2, 0.25) is 5.02 Å². The molecular formula is C48H50ClN9O5. The number of fused-ring (bicyclic) bond motifs is 1. The van der Waals surface area contributed by atoms with Gasteiger partial charge in [-0.3, -0.25) is 24.5 Å². The highest BCUT2D eigenvalue weighted by Crippen LogP contribution is 2.55. The molecule has 2 amide bonds. The molecule has 324 valence electrons. The van der Waals surface area contributed by atoms with Crippen LogP contribution in [-0.2, 0) is 16.1 Å². The molecule has 3 N–H and O–H groups in total. The van der Waals surface area contributed by atoms with E-state index in [0.717, 1.165) is 51.7 Å². The van der Waals surface area contributed by atoms with Crippen molar-refractivity contribution < 1.29 is 23.8 Å². The fourth-order valence-electron chi connectivity index (χ4n) is 9.28. The lowest BCUT2D eigenvalue weighted by atomic mass is 9.49. The number of aromatic nitrogens is 4. The van der Waals surface area contributed by atoms with Crippen LogP contribution < -0.4 is 20.5 Å². The number of nitriles is 1. The van der Waals surface area contributed by atoms with Crippen LogP contribution in [0.5, 0.6) is 11.8 Å². The molecule has 0 radical (unpaired) electrons. The van der Waals surface area contributed by atoms with Gasteiger partial charge < -0.3 is 30.2 Å². The van der Waals surface area contributed by atoms with Crippen molar-refractivity contribution in [3.8, 4) is 29.1 Å². The van der Waals surface area contributed by atoms with Crippen molar-refractivity contribution in [3.63, 3.8) is 0 Å². The number of nitrogens with one attached hydrogen (secondary N) is 1. The molecule has 0 bridgehead atoms. The lowest BCUT2D eigenvalue weighted by Gasteiger charge is -2.63. The zero-order valence-corrected chi connectivity index (χ0v) is 36.8. The molecule has 5 heterocycles. The van der Waals surface area contributed by atoms with Crippen LogP contribution in [0.15, 0.2) is 90.0 Å². The fraction of sp³-hybridized carbons (Fsp3) is 0.375. The molecule has 14 nitrogen and oxygen atoms in total. The highest BCUT2D eigenvalue weighted by molar-refractivity contribution is 6.31. The summed E-state index contributed by atoms with van der Waals surface area (Å²) in [5.74, 6) is 0.269. The molecule has 2 aliphatic heterocycles. The number of rotatable bonds is 10. The summed E-state index contributed by atoms with van der Waals surface area (Å²) in [6.45, 7) is 12.3. The molecule has 3 aliphatic rings. The fourth-order valence-corrected chi connectivity index (χ4v) is 9.50. The first-order valence-electron chi connectivity index (χ1n) is 21.1. The molecule has 1 saturated carbocycles. The number of hydrogen-bond acceptors (Lipinski definition) is 12. The zero-order chi connectivity index (χ0) is 44.5. The van der Waals surface area contributed by atoms with Crippen LogP contribution in [-0.4, -0.2) is 86.9 Å². The molecule has 3 fully saturated rings. The van der Waals surface area contributed by atoms with Crippen LogP contribution in [0.25, 0.3) is 27.7 Å². The number of aliphatic imine (C=N–C) groups is 1. The highest BCUT2D eigenvalue weighted by Gasteiger charge is 2.64. The van der Waals surface area contributed by atoms with Crippen LogP contribution in [0.1, 0.15) is 81.1 Å². The van der Waals surface area contributed by atoms with E-state index in [0.29, 0.717) is 66.0 Å². The second-order valence-electron chi connectivity index (χ2n) is 17.5. The number of nitrogens with zero attached hydrogens (tertiary/aromatic N) is 7. The molecule has 3 aromatic heterocycles. The summed E-state index contributed by atoms with van der Waals surface area (Å²) < 4.78 is 17.7. The quantitative estimate of drug-likeness (QED) is 0.143. The molecule has 1 aliphatic carbocycles. The number of nitrogens with two attached hydrogens (primary N) is 1. The van der Waals surface area contributed by atoms with Crippen molar-refractivity contribution in [2.24, 2.45) is 21.6 Å². The Bertz CT molecular complexity index is 2640. The van der Waals surface area contributed by atoms with E-state index in [4.69, 9.17) is 41.5 Å². The van der Waals surface area contributed by atoms with E-state index in [2.05, 4.69) is 26.3 Å². The Labute approximate surface area is 371 Å². The molecule has 15 heteroatoms. The molecule has 2 saturated heterocycles. The molecule has 2 aromatic carbocycles. The van der Waals surface area contributed by atoms with Crippen LogP contribution >= 0.6 is 11.6 Å². The third kappa shape index (κ3) is 8.94. The van der Waals surface area contributed by atoms with Gasteiger partial charge in [0.2, 0.25) is 5.91 Å². The number of benzene rings is 2. The van der Waals surface area contributed by atoms with E-state index < -0.39 is 10.8 Å². The number of amides is 2. The largest absolute Gasteiger partial charge is 0.489 e. The van der Waals surface area contributed by atoms with Gasteiger partial charge in [-0.05, 0) is 48.6 Å². The van der Waals surface area contributed by atoms with Gasteiger partial charge in [-0.15, -0.1) is 0 Å². The van der Waals surface area contributed by atoms with Gasteiger partial charge in [0.15, 0.2) is 0 Å². The number of ether oxygens (including phenoxy) is 3. The van der Waals surface area contributed by atoms with Crippen molar-refractivity contribution >= 4 is 45.6 Å². The molecule has 5 aromatic rings. The lowest BCUT2D eigenvalue weighted by Crippen LogP contribution is -2.74. The predicted octanol–water partition coefficient (Wildman–Crippen LogP) is 7.34. The van der Waals surface area contributed by atoms with Crippen molar-refractivity contribution in [2.75, 3.05) is 26.3 Å². The molecule has 0 spiro atoms. The number of halogens is 1. The Balaban J connectivity index is 0.896. The second kappa shape index (κ2) is 17.7. The SMILES string of the molecule is CC(=O)N1CCC(=NC2CCOCC2)/C(=C(\N)c2cccc3cc(-c4ccc(COc5ncc(C(=O)NC6C(C)(C)C(Oc7ccc(C#N)c(Cl)c7)C6(C)C)cn5)nc4)ncc23)C1. The van der Waals surface area contributed by atoms with Crippen LogP contribution in [0.4, 0.5) is 0 Å². The Hall–Kier alpha value is -6.43. The average molecular weight is 868 g/mol. The van der Waals surface area contributed by atoms with E-state index in [1.807, 2.05) is 75.2 Å². The first-order chi connectivity index (χ1) is 30.2. The number of piperidine rings is 1. The summed E-state index contributed by atoms with van der Waals surface area (Å²) in [5, 5.41) is 14.6. The van der Waals surface area contributed by atoms with E-state index >= 15 is 0 Å². The lowest BCUT2D eigenvalue weighted by molar-refractivity contribution is -0.164. The van der Waals surface area contributed by atoms with Crippen molar-refractivity contribution in [3.05, 3.63) is 112 Å². The Morgan fingerprint density at radius 2 is 1.76 bits per heavy atom. The normalized spacial score (nSPS) is 21.0. The summed E-state index contributed by atoms with van der Waals surface area (Å²) in [4.78, 5) is 50.7. The summed E-state index contributed by atoms with van der Waals surface area (Å²) in [7, 11) is 0. The second-order valence-corrected chi connectivity index (χ2v) is 17.9. The van der Waals surface area contributed by atoms with Gasteiger partial charge in [0.1, 0.15) is 24.5 Å². The van der Waals surface area contributed by atoms with Gasteiger partial charge in [0.05, 0.1) is 33.6 Å². The van der Waals surface area contributed by atoms with Crippen LogP contribution in [0, 0.1) is 22.2 Å². The van der Waals surface area contributed by atoms with Crippen molar-refractivity contribution in [2.45, 2.75) is 78.7 Å². The minimum absolute atomic E-state index is 0.0131. The van der Waals surface area contributed by atoms with Gasteiger partial charge in [0, 0.05) is 121 Å². The maximum Gasteiger partial charge on any atom is 0.316 e. The molecule has 0 atom stereocenters. The molecule has 0 unspecified atom stereocenters. The van der Waals surface area contributed by atoms with E-state index in [-0.39, 0.29) is 42.6 Å². The van der Waals surface area contributed by atoms with Gasteiger partial charge in [-0.1, -0.05) is 57.5 Å². The molecule has 8 rings (SSSR count). The highest BCUT2D eigenvalue weighted by atomic mass is 35.5. The standard InChI is InChI=1S/C48H50ClN9O5/c1-28(59)58-16-13-40(56-33-14-17-61-18-15-33)38(26-58)42(51)36-8-6-7-29-19-41(53-25-37(29)36)31-9-11-34(52-22-31)27-62-46-54-23-32(24-55-46)43(60)57-44-47(2,3)45(48(44,4)5)63-35-12-10-30(21-50)39(49)20-35/h6-12,19-20,22-25,33,44-45H,13-18,26-27,51H2,1-5H3,(H,57,60)/b42-38-,56-40?. The number of carbonyl (C=O) groups is 2. The number of likely N-dealkylation sites (tertiary alicyclic amines) is 1. The number of pyridine rings is 2. The summed E-state index contributed by atoms with van der Waals surface area (Å²) in [5.41, 5.74) is 12.4. The third-order valence-corrected chi connectivity index (χ3v) is 12.8. The minimum atomic E-state index is -0.423. The topological polar surface area (TPSA) is 191 Å². The monoisotopic (exact) mass is 867 g/mol. The first kappa shape index (κ1) is 43.2. The zero-order valence-electron chi connectivity index (χ0n) is 36.0. The Kier molecular flexibility index (Phi) is 12.2. The Morgan fingerprint density at radius 1 is 1.00 bits per heavy atom. The average Bonchev–Trinajstić information content (AvgIpc) is 3.29. The van der Waals surface area contributed by atoms with Crippen molar-refractivity contribution in [1.82, 2.24) is 30.2 Å². The van der Waals surface area contributed by atoms with Gasteiger partial charge in [-0.2, -0.15) is 5.26 Å². The minimum Gasteiger partial charge on any atom is -0.489 e. The summed E-state index contributed by atoms with van der Waals surface area (Å²) in [6, 6.07) is 19.0. The Morgan fingerprint density at radius 3 is 2.44 bits per heavy atom. The van der Waals surface area contributed by atoms with E-state index in [1.165, 1.54) is 12.4 Å². The van der Waals surface area contributed by atoms with E-state index in [1.54, 1.807) is 31.3 Å². The summed E-state index contributed by atoms with van der Waals surface area (Å²) in [6.07, 6.45) is 8.63. The third-order valence-electron chi connectivity index (χ3n) is 12.5. The maximum absolute atomic E-state index is 13.4. The maximum atomic E-state index is 13.4. The first-order valence-corrected chi connectivity index (χ1v) is 21.5.